The van der Waals surface area contributed by atoms with Gasteiger partial charge in [-0.15, -0.1) is 0 Å². The molecule has 0 N–H and O–H groups in total. The van der Waals surface area contributed by atoms with E-state index in [1.807, 2.05) is 18.2 Å². The van der Waals surface area contributed by atoms with Crippen molar-refractivity contribution < 1.29 is 9.15 Å². The lowest BCUT2D eigenvalue weighted by Crippen LogP contribution is -1.99. The van der Waals surface area contributed by atoms with Crippen LogP contribution in [0.25, 0.3) is 10.8 Å². The van der Waals surface area contributed by atoms with Crippen molar-refractivity contribution in [3.63, 3.8) is 0 Å². The number of alkyl halides is 1. The van der Waals surface area contributed by atoms with Gasteiger partial charge < -0.3 is 9.15 Å². The van der Waals surface area contributed by atoms with Crippen molar-refractivity contribution in [2.24, 2.45) is 0 Å². The highest BCUT2D eigenvalue weighted by atomic mass is 79.9. The Balaban J connectivity index is 2.78. The lowest BCUT2D eigenvalue weighted by Gasteiger charge is -2.04. The van der Waals surface area contributed by atoms with Gasteiger partial charge in [0.2, 0.25) is 0 Å². The zero-order valence-electron chi connectivity index (χ0n) is 8.12. The van der Waals surface area contributed by atoms with E-state index in [2.05, 4.69) is 15.9 Å². The van der Waals surface area contributed by atoms with Gasteiger partial charge in [0.15, 0.2) is 0 Å². The minimum atomic E-state index is -0.342. The Hall–Kier alpha value is -1.29. The first-order chi connectivity index (χ1) is 7.24. The van der Waals surface area contributed by atoms with Gasteiger partial charge in [0.1, 0.15) is 11.5 Å². The third-order valence-corrected chi connectivity index (χ3v) is 2.69. The van der Waals surface area contributed by atoms with Crippen LogP contribution in [0, 0.1) is 0 Å². The molecule has 0 saturated heterocycles. The van der Waals surface area contributed by atoms with E-state index in [1.165, 1.54) is 6.07 Å². The van der Waals surface area contributed by atoms with Gasteiger partial charge >= 0.3 is 5.63 Å². The Morgan fingerprint density at radius 3 is 2.87 bits per heavy atom. The maximum Gasteiger partial charge on any atom is 0.336 e. The summed E-state index contributed by atoms with van der Waals surface area (Å²) in [6, 6.07) is 7.00. The second kappa shape index (κ2) is 4.06. The van der Waals surface area contributed by atoms with Crippen LogP contribution in [0.1, 0.15) is 5.76 Å². The summed E-state index contributed by atoms with van der Waals surface area (Å²) in [5.41, 5.74) is -0.342. The second-order valence-electron chi connectivity index (χ2n) is 3.08. The normalized spacial score (nSPS) is 10.5. The van der Waals surface area contributed by atoms with Crippen molar-refractivity contribution in [2.45, 2.75) is 5.33 Å². The SMILES string of the molecule is COc1ccc2c(CBr)oc(=O)cc2c1. The van der Waals surface area contributed by atoms with Crippen LogP contribution < -0.4 is 10.4 Å². The van der Waals surface area contributed by atoms with E-state index in [0.717, 1.165) is 16.5 Å². The summed E-state index contributed by atoms with van der Waals surface area (Å²) >= 11 is 3.28. The molecule has 0 aliphatic rings. The smallest absolute Gasteiger partial charge is 0.336 e. The lowest BCUT2D eigenvalue weighted by molar-refractivity contribution is 0.415. The van der Waals surface area contributed by atoms with Crippen LogP contribution in [-0.2, 0) is 5.33 Å². The maximum absolute atomic E-state index is 11.2. The molecule has 15 heavy (non-hydrogen) atoms. The van der Waals surface area contributed by atoms with E-state index in [-0.39, 0.29) is 5.63 Å². The van der Waals surface area contributed by atoms with E-state index < -0.39 is 0 Å². The summed E-state index contributed by atoms with van der Waals surface area (Å²) < 4.78 is 10.2. The molecule has 3 nitrogen and oxygen atoms in total. The molecule has 0 saturated carbocycles. The largest absolute Gasteiger partial charge is 0.497 e. The first kappa shape index (κ1) is 10.2. The van der Waals surface area contributed by atoms with Crippen LogP contribution in [0.2, 0.25) is 0 Å². The van der Waals surface area contributed by atoms with Gasteiger partial charge in [-0.25, -0.2) is 4.79 Å². The maximum atomic E-state index is 11.2. The van der Waals surface area contributed by atoms with Gasteiger partial charge in [0.05, 0.1) is 12.4 Å². The summed E-state index contributed by atoms with van der Waals surface area (Å²) in [5, 5.41) is 2.28. The number of fused-ring (bicyclic) bond motifs is 1. The molecule has 2 aromatic rings. The van der Waals surface area contributed by atoms with Crippen molar-refractivity contribution in [3.8, 4) is 5.75 Å². The molecule has 1 heterocycles. The predicted molar refractivity (Wildman–Crippen MR) is 61.7 cm³/mol. The molecule has 0 spiro atoms. The Kier molecular flexibility index (Phi) is 2.77. The molecule has 1 aromatic heterocycles. The number of hydrogen-bond acceptors (Lipinski definition) is 3. The molecule has 1 aromatic carbocycles. The fourth-order valence-corrected chi connectivity index (χ4v) is 1.89. The number of hydrogen-bond donors (Lipinski definition) is 0. The van der Waals surface area contributed by atoms with Gasteiger partial charge in [-0.05, 0) is 23.6 Å². The van der Waals surface area contributed by atoms with Gasteiger partial charge in [-0.3, -0.25) is 0 Å². The van der Waals surface area contributed by atoms with Crippen LogP contribution >= 0.6 is 15.9 Å². The zero-order valence-corrected chi connectivity index (χ0v) is 9.71. The van der Waals surface area contributed by atoms with Gasteiger partial charge in [-0.1, -0.05) is 15.9 Å². The molecule has 2 rings (SSSR count). The van der Waals surface area contributed by atoms with Crippen molar-refractivity contribution >= 4 is 26.7 Å². The Labute approximate surface area is 94.8 Å². The molecular formula is C11H9BrO3. The Morgan fingerprint density at radius 1 is 1.40 bits per heavy atom. The molecule has 0 aliphatic heterocycles. The van der Waals surface area contributed by atoms with E-state index in [9.17, 15) is 4.79 Å². The summed E-state index contributed by atoms with van der Waals surface area (Å²) in [6.07, 6.45) is 0. The van der Waals surface area contributed by atoms with Crippen LogP contribution in [0.5, 0.6) is 5.75 Å². The quantitative estimate of drug-likeness (QED) is 0.787. The molecule has 4 heteroatoms. The van der Waals surface area contributed by atoms with E-state index in [4.69, 9.17) is 9.15 Å². The summed E-state index contributed by atoms with van der Waals surface area (Å²) in [7, 11) is 1.60. The van der Waals surface area contributed by atoms with E-state index in [1.54, 1.807) is 7.11 Å². The van der Waals surface area contributed by atoms with Crippen LogP contribution in [-0.4, -0.2) is 7.11 Å². The lowest BCUT2D eigenvalue weighted by atomic mass is 10.1. The average Bonchev–Trinajstić information content (AvgIpc) is 2.26. The topological polar surface area (TPSA) is 39.4 Å². The van der Waals surface area contributed by atoms with Gasteiger partial charge in [0.25, 0.3) is 0 Å². The van der Waals surface area contributed by atoms with Crippen molar-refractivity contribution in [1.82, 2.24) is 0 Å². The third kappa shape index (κ3) is 1.90. The minimum Gasteiger partial charge on any atom is -0.497 e. The highest BCUT2D eigenvalue weighted by Crippen LogP contribution is 2.23. The fourth-order valence-electron chi connectivity index (χ4n) is 1.47. The highest BCUT2D eigenvalue weighted by molar-refractivity contribution is 9.08. The number of halogens is 1. The monoisotopic (exact) mass is 268 g/mol. The van der Waals surface area contributed by atoms with Crippen LogP contribution in [0.4, 0.5) is 0 Å². The molecule has 78 valence electrons. The first-order valence-corrected chi connectivity index (χ1v) is 5.53. The average molecular weight is 269 g/mol. The summed E-state index contributed by atoms with van der Waals surface area (Å²) in [4.78, 5) is 11.2. The number of benzene rings is 1. The van der Waals surface area contributed by atoms with Crippen molar-refractivity contribution in [2.75, 3.05) is 7.11 Å². The predicted octanol–water partition coefficient (Wildman–Crippen LogP) is 2.70. The van der Waals surface area contributed by atoms with E-state index >= 15 is 0 Å². The first-order valence-electron chi connectivity index (χ1n) is 4.41. The fraction of sp³-hybridized carbons (Fsp3) is 0.182. The molecule has 0 radical (unpaired) electrons. The molecule has 0 amide bonds. The Morgan fingerprint density at radius 2 is 2.20 bits per heavy atom. The van der Waals surface area contributed by atoms with Gasteiger partial charge in [0, 0.05) is 11.5 Å². The molecule has 0 atom stereocenters. The highest BCUT2D eigenvalue weighted by Gasteiger charge is 2.05. The second-order valence-corrected chi connectivity index (χ2v) is 3.64. The summed E-state index contributed by atoms with van der Waals surface area (Å²) in [6.45, 7) is 0. The van der Waals surface area contributed by atoms with Crippen molar-refractivity contribution in [3.05, 3.63) is 40.4 Å². The van der Waals surface area contributed by atoms with Crippen LogP contribution in [0.3, 0.4) is 0 Å². The molecule has 0 bridgehead atoms. The number of ether oxygens (including phenoxy) is 1. The third-order valence-electron chi connectivity index (χ3n) is 2.18. The molecule has 0 fully saturated rings. The molecular weight excluding hydrogens is 260 g/mol. The number of rotatable bonds is 2. The number of methoxy groups -OCH3 is 1. The minimum absolute atomic E-state index is 0.342. The summed E-state index contributed by atoms with van der Waals surface area (Å²) in [5.74, 6) is 1.37. The van der Waals surface area contributed by atoms with E-state index in [0.29, 0.717) is 11.1 Å². The zero-order chi connectivity index (χ0) is 10.8. The molecule has 0 aliphatic carbocycles. The van der Waals surface area contributed by atoms with Crippen LogP contribution in [0.15, 0.2) is 33.5 Å². The standard InChI is InChI=1S/C11H9BrO3/c1-14-8-2-3-9-7(4-8)5-11(13)15-10(9)6-12/h2-5H,6H2,1H3. The Bertz CT molecular complexity index is 545. The van der Waals surface area contributed by atoms with Gasteiger partial charge in [-0.2, -0.15) is 0 Å². The van der Waals surface area contributed by atoms with Crippen molar-refractivity contribution in [1.29, 1.82) is 0 Å². The molecule has 0 unspecified atom stereocenters.